The Balaban J connectivity index is 0.00000176. The molecule has 0 atom stereocenters. The van der Waals surface area contributed by atoms with Crippen molar-refractivity contribution in [1.82, 2.24) is 5.32 Å². The Morgan fingerprint density at radius 2 is 1.77 bits per heavy atom. The third kappa shape index (κ3) is 4.26. The van der Waals surface area contributed by atoms with E-state index in [0.29, 0.717) is 13.1 Å². The number of rotatable bonds is 5. The van der Waals surface area contributed by atoms with E-state index in [0.717, 1.165) is 31.8 Å². The van der Waals surface area contributed by atoms with Crippen LogP contribution in [0.25, 0.3) is 11.3 Å². The second-order valence-electron chi connectivity index (χ2n) is 4.57. The summed E-state index contributed by atoms with van der Waals surface area (Å²) in [5, 5.41) is 3.29. The van der Waals surface area contributed by atoms with Crippen LogP contribution in [0.3, 0.4) is 0 Å². The molecule has 3 aromatic rings. The van der Waals surface area contributed by atoms with Gasteiger partial charge in [0.25, 0.3) is 0 Å². The summed E-state index contributed by atoms with van der Waals surface area (Å²) in [4.78, 5) is 0. The molecule has 0 radical (unpaired) electrons. The van der Waals surface area contributed by atoms with Gasteiger partial charge in [0.15, 0.2) is 0 Å². The predicted octanol–water partition coefficient (Wildman–Crippen LogP) is 5.78. The average Bonchev–Trinajstić information content (AvgIpc) is 3.10. The third-order valence-corrected chi connectivity index (χ3v) is 4.19. The van der Waals surface area contributed by atoms with E-state index < -0.39 is 0 Å². The molecule has 2 heterocycles. The monoisotopic (exact) mass is 445 g/mol. The van der Waals surface area contributed by atoms with E-state index in [2.05, 4.69) is 37.2 Å². The van der Waals surface area contributed by atoms with Gasteiger partial charge in [0, 0.05) is 14.5 Å². The van der Waals surface area contributed by atoms with Crippen LogP contribution in [0.2, 0.25) is 0 Å². The van der Waals surface area contributed by atoms with Crippen LogP contribution >= 0.6 is 44.3 Å². The zero-order chi connectivity index (χ0) is 14.7. The van der Waals surface area contributed by atoms with Gasteiger partial charge >= 0.3 is 0 Å². The van der Waals surface area contributed by atoms with Crippen LogP contribution in [0.15, 0.2) is 66.5 Å². The lowest BCUT2D eigenvalue weighted by Crippen LogP contribution is -2.11. The lowest BCUT2D eigenvalue weighted by atomic mass is 10.2. The normalized spacial score (nSPS) is 10.5. The fourth-order valence-corrected chi connectivity index (χ4v) is 3.27. The highest BCUT2D eigenvalue weighted by Crippen LogP contribution is 2.31. The second kappa shape index (κ2) is 8.02. The van der Waals surface area contributed by atoms with E-state index in [1.807, 2.05) is 42.5 Å². The summed E-state index contributed by atoms with van der Waals surface area (Å²) in [6, 6.07) is 13.8. The third-order valence-electron chi connectivity index (χ3n) is 3.04. The maximum absolute atomic E-state index is 5.87. The van der Waals surface area contributed by atoms with Crippen LogP contribution in [0.4, 0.5) is 0 Å². The van der Waals surface area contributed by atoms with Crippen molar-refractivity contribution in [3.05, 3.63) is 69.2 Å². The van der Waals surface area contributed by atoms with Crippen molar-refractivity contribution < 1.29 is 8.83 Å². The first-order valence-electron chi connectivity index (χ1n) is 6.49. The van der Waals surface area contributed by atoms with Gasteiger partial charge in [0.2, 0.25) is 0 Å². The Hall–Kier alpha value is -1.01. The van der Waals surface area contributed by atoms with Gasteiger partial charge in [0.1, 0.15) is 17.3 Å². The maximum atomic E-state index is 5.87. The van der Waals surface area contributed by atoms with Gasteiger partial charge in [-0.25, -0.2) is 0 Å². The van der Waals surface area contributed by atoms with Crippen molar-refractivity contribution >= 4 is 44.3 Å². The van der Waals surface area contributed by atoms with Gasteiger partial charge < -0.3 is 14.2 Å². The number of nitrogens with one attached hydrogen (secondary N) is 1. The fourth-order valence-electron chi connectivity index (χ4n) is 2.03. The standard InChI is InChI=1S/C16H13Br2NO2.ClH/c17-11-3-5-14(15(18)8-11)16-6-4-13(21-16)10-19-9-12-2-1-7-20-12;/h1-8,19H,9-10H2;1H. The summed E-state index contributed by atoms with van der Waals surface area (Å²) in [6.45, 7) is 1.35. The lowest BCUT2D eigenvalue weighted by Gasteiger charge is -2.02. The molecule has 116 valence electrons. The largest absolute Gasteiger partial charge is 0.468 e. The summed E-state index contributed by atoms with van der Waals surface area (Å²) in [5.41, 5.74) is 1.04. The minimum atomic E-state index is 0. The number of hydrogen-bond donors (Lipinski definition) is 1. The lowest BCUT2D eigenvalue weighted by molar-refractivity contribution is 0.455. The summed E-state index contributed by atoms with van der Waals surface area (Å²) in [7, 11) is 0. The average molecular weight is 448 g/mol. The molecule has 1 aromatic carbocycles. The molecule has 6 heteroatoms. The summed E-state index contributed by atoms with van der Waals surface area (Å²) >= 11 is 7.00. The van der Waals surface area contributed by atoms with Crippen molar-refractivity contribution in [1.29, 1.82) is 0 Å². The second-order valence-corrected chi connectivity index (χ2v) is 6.34. The van der Waals surface area contributed by atoms with Crippen molar-refractivity contribution in [2.24, 2.45) is 0 Å². The fraction of sp³-hybridized carbons (Fsp3) is 0.125. The van der Waals surface area contributed by atoms with Gasteiger partial charge in [-0.05, 0) is 58.4 Å². The van der Waals surface area contributed by atoms with Gasteiger partial charge in [-0.2, -0.15) is 0 Å². The van der Waals surface area contributed by atoms with Crippen molar-refractivity contribution in [2.45, 2.75) is 13.1 Å². The summed E-state index contributed by atoms with van der Waals surface area (Å²) in [5.74, 6) is 2.66. The maximum Gasteiger partial charge on any atom is 0.135 e. The Kier molecular flexibility index (Phi) is 6.32. The first-order chi connectivity index (χ1) is 10.2. The first-order valence-corrected chi connectivity index (χ1v) is 8.08. The smallest absolute Gasteiger partial charge is 0.135 e. The Labute approximate surface area is 151 Å². The molecule has 0 amide bonds. The molecule has 2 aromatic heterocycles. The van der Waals surface area contributed by atoms with Gasteiger partial charge in [-0.15, -0.1) is 12.4 Å². The van der Waals surface area contributed by atoms with Gasteiger partial charge in [-0.1, -0.05) is 15.9 Å². The highest BCUT2D eigenvalue weighted by atomic mass is 79.9. The molecule has 0 aliphatic carbocycles. The Bertz CT molecular complexity index is 726. The van der Waals surface area contributed by atoms with E-state index in [-0.39, 0.29) is 12.4 Å². The van der Waals surface area contributed by atoms with Gasteiger partial charge in [-0.3, -0.25) is 0 Å². The van der Waals surface area contributed by atoms with E-state index in [9.17, 15) is 0 Å². The molecule has 0 aliphatic heterocycles. The van der Waals surface area contributed by atoms with E-state index >= 15 is 0 Å². The molecule has 0 fully saturated rings. The molecule has 0 unspecified atom stereocenters. The Morgan fingerprint density at radius 3 is 2.50 bits per heavy atom. The summed E-state index contributed by atoms with van der Waals surface area (Å²) < 4.78 is 13.2. The minimum absolute atomic E-state index is 0. The molecule has 3 rings (SSSR count). The van der Waals surface area contributed by atoms with E-state index in [4.69, 9.17) is 8.83 Å². The molecular formula is C16H14Br2ClNO2. The van der Waals surface area contributed by atoms with Crippen LogP contribution in [0.1, 0.15) is 11.5 Å². The van der Waals surface area contributed by atoms with Crippen LogP contribution < -0.4 is 5.32 Å². The number of benzene rings is 1. The molecule has 0 bridgehead atoms. The van der Waals surface area contributed by atoms with E-state index in [1.54, 1.807) is 6.26 Å². The topological polar surface area (TPSA) is 38.3 Å². The van der Waals surface area contributed by atoms with Crippen LogP contribution in [-0.4, -0.2) is 0 Å². The molecule has 0 saturated heterocycles. The highest BCUT2D eigenvalue weighted by Gasteiger charge is 2.08. The molecule has 1 N–H and O–H groups in total. The zero-order valence-electron chi connectivity index (χ0n) is 11.5. The van der Waals surface area contributed by atoms with Crippen molar-refractivity contribution in [3.8, 4) is 11.3 Å². The number of furan rings is 2. The SMILES string of the molecule is Brc1ccc(-c2ccc(CNCc3ccco3)o2)c(Br)c1.Cl. The number of hydrogen-bond acceptors (Lipinski definition) is 3. The molecule has 0 aliphatic rings. The van der Waals surface area contributed by atoms with Crippen molar-refractivity contribution in [3.63, 3.8) is 0 Å². The Morgan fingerprint density at radius 1 is 0.955 bits per heavy atom. The van der Waals surface area contributed by atoms with Gasteiger partial charge in [0.05, 0.1) is 19.4 Å². The van der Waals surface area contributed by atoms with E-state index in [1.165, 1.54) is 0 Å². The van der Waals surface area contributed by atoms with Crippen molar-refractivity contribution in [2.75, 3.05) is 0 Å². The molecule has 0 spiro atoms. The predicted molar refractivity (Wildman–Crippen MR) is 96.0 cm³/mol. The number of halogens is 3. The van der Waals surface area contributed by atoms with Crippen LogP contribution in [0.5, 0.6) is 0 Å². The quantitative estimate of drug-likeness (QED) is 0.539. The zero-order valence-corrected chi connectivity index (χ0v) is 15.5. The first kappa shape index (κ1) is 17.3. The summed E-state index contributed by atoms with van der Waals surface area (Å²) in [6.07, 6.45) is 1.67. The van der Waals surface area contributed by atoms with Crippen LogP contribution in [-0.2, 0) is 13.1 Å². The molecule has 22 heavy (non-hydrogen) atoms. The molecule has 3 nitrogen and oxygen atoms in total. The molecular weight excluding hydrogens is 433 g/mol. The minimum Gasteiger partial charge on any atom is -0.468 e. The van der Waals surface area contributed by atoms with Crippen LogP contribution in [0, 0.1) is 0 Å². The highest BCUT2D eigenvalue weighted by molar-refractivity contribution is 9.11. The molecule has 0 saturated carbocycles.